The second kappa shape index (κ2) is 8.98. The molecular formula is C23H15Cl2FN4O3. The Labute approximate surface area is 197 Å². The molecule has 4 rings (SSSR count). The van der Waals surface area contributed by atoms with Crippen molar-refractivity contribution >= 4 is 51.3 Å². The number of H-pyrrole nitrogens is 1. The third kappa shape index (κ3) is 4.04. The number of carbonyl (C=O) groups excluding carboxylic acids is 1. The van der Waals surface area contributed by atoms with Crippen LogP contribution in [0.15, 0.2) is 42.5 Å². The number of anilines is 2. The van der Waals surface area contributed by atoms with Crippen LogP contribution in [-0.4, -0.2) is 30.2 Å². The van der Waals surface area contributed by atoms with E-state index in [2.05, 4.69) is 15.5 Å². The van der Waals surface area contributed by atoms with Crippen LogP contribution >= 0.6 is 23.2 Å². The highest BCUT2D eigenvalue weighted by atomic mass is 35.5. The van der Waals surface area contributed by atoms with Crippen molar-refractivity contribution in [2.75, 3.05) is 19.5 Å². The van der Waals surface area contributed by atoms with E-state index < -0.39 is 11.6 Å². The Hall–Kier alpha value is -3.80. The molecule has 0 aliphatic rings. The van der Waals surface area contributed by atoms with Gasteiger partial charge in [0.2, 0.25) is 0 Å². The van der Waals surface area contributed by atoms with Gasteiger partial charge in [-0.25, -0.2) is 4.39 Å². The zero-order valence-electron chi connectivity index (χ0n) is 17.3. The van der Waals surface area contributed by atoms with Crippen molar-refractivity contribution in [1.29, 1.82) is 5.26 Å². The van der Waals surface area contributed by atoms with Crippen LogP contribution in [0, 0.1) is 17.1 Å². The summed E-state index contributed by atoms with van der Waals surface area (Å²) in [4.78, 5) is 13.6. The van der Waals surface area contributed by atoms with Gasteiger partial charge in [-0.15, -0.1) is 0 Å². The van der Waals surface area contributed by atoms with Gasteiger partial charge in [-0.3, -0.25) is 9.89 Å². The number of hydrogen-bond donors (Lipinski definition) is 2. The molecule has 0 unspecified atom stereocenters. The van der Waals surface area contributed by atoms with Crippen LogP contribution < -0.4 is 14.8 Å². The fourth-order valence-corrected chi connectivity index (χ4v) is 3.88. The fourth-order valence-electron chi connectivity index (χ4n) is 3.44. The molecule has 1 aromatic heterocycles. The van der Waals surface area contributed by atoms with Gasteiger partial charge in [0.1, 0.15) is 28.5 Å². The van der Waals surface area contributed by atoms with Crippen molar-refractivity contribution in [3.63, 3.8) is 0 Å². The number of ether oxygens (including phenoxy) is 2. The van der Waals surface area contributed by atoms with Gasteiger partial charge in [0.05, 0.1) is 52.6 Å². The topological polar surface area (TPSA) is 100 Å². The van der Waals surface area contributed by atoms with E-state index in [0.717, 1.165) is 12.1 Å². The average Bonchev–Trinajstić information content (AvgIpc) is 3.19. The van der Waals surface area contributed by atoms with Crippen molar-refractivity contribution in [3.05, 3.63) is 75.1 Å². The number of aromatic nitrogens is 2. The van der Waals surface area contributed by atoms with E-state index in [1.165, 1.54) is 20.3 Å². The Balaban J connectivity index is 1.98. The van der Waals surface area contributed by atoms with Crippen molar-refractivity contribution < 1.29 is 18.7 Å². The number of aromatic amines is 1. The molecule has 0 radical (unpaired) electrons. The number of rotatable bonds is 6. The monoisotopic (exact) mass is 484 g/mol. The molecule has 0 saturated heterocycles. The molecule has 0 aliphatic carbocycles. The van der Waals surface area contributed by atoms with Crippen molar-refractivity contribution in [2.45, 2.75) is 0 Å². The maximum Gasteiger partial charge on any atom is 0.198 e. The first kappa shape index (κ1) is 22.4. The Morgan fingerprint density at radius 2 is 1.91 bits per heavy atom. The molecule has 7 nitrogen and oxygen atoms in total. The van der Waals surface area contributed by atoms with Crippen LogP contribution in [0.5, 0.6) is 11.5 Å². The molecule has 0 atom stereocenters. The van der Waals surface area contributed by atoms with Crippen molar-refractivity contribution in [2.24, 2.45) is 0 Å². The summed E-state index contributed by atoms with van der Waals surface area (Å²) in [6.07, 6.45) is 0. The predicted molar refractivity (Wildman–Crippen MR) is 123 cm³/mol. The number of nitrogens with zero attached hydrogens (tertiary/aromatic N) is 2. The lowest BCUT2D eigenvalue weighted by Gasteiger charge is -2.17. The van der Waals surface area contributed by atoms with E-state index in [4.69, 9.17) is 32.7 Å². The van der Waals surface area contributed by atoms with E-state index >= 15 is 0 Å². The third-order valence-electron chi connectivity index (χ3n) is 4.99. The minimum absolute atomic E-state index is 0.0356. The van der Waals surface area contributed by atoms with Gasteiger partial charge >= 0.3 is 0 Å². The molecule has 166 valence electrons. The molecule has 0 saturated carbocycles. The quantitative estimate of drug-likeness (QED) is 0.331. The second-order valence-corrected chi connectivity index (χ2v) is 7.65. The number of fused-ring (bicyclic) bond motifs is 1. The molecule has 3 aromatic carbocycles. The molecular weight excluding hydrogens is 470 g/mol. The van der Waals surface area contributed by atoms with Crippen LogP contribution in [-0.2, 0) is 0 Å². The van der Waals surface area contributed by atoms with E-state index in [0.29, 0.717) is 22.7 Å². The molecule has 1 heterocycles. The Morgan fingerprint density at radius 3 is 2.61 bits per heavy atom. The lowest BCUT2D eigenvalue weighted by Crippen LogP contribution is -2.10. The van der Waals surface area contributed by atoms with E-state index in [1.54, 1.807) is 24.3 Å². The van der Waals surface area contributed by atoms with Gasteiger partial charge in [-0.2, -0.15) is 10.4 Å². The highest BCUT2D eigenvalue weighted by Gasteiger charge is 2.26. The SMILES string of the molecule is COc1ccc(Nc2cc3n[nH]c(Cl)c3c(C#N)c2C(=O)c2cc(F)ccc2Cl)c(OC)c1. The summed E-state index contributed by atoms with van der Waals surface area (Å²) in [5, 5.41) is 20.2. The van der Waals surface area contributed by atoms with Gasteiger partial charge < -0.3 is 14.8 Å². The Morgan fingerprint density at radius 1 is 1.12 bits per heavy atom. The summed E-state index contributed by atoms with van der Waals surface area (Å²) in [6.45, 7) is 0. The van der Waals surface area contributed by atoms with Crippen molar-refractivity contribution in [3.8, 4) is 17.6 Å². The van der Waals surface area contributed by atoms with Crippen LogP contribution in [0.4, 0.5) is 15.8 Å². The van der Waals surface area contributed by atoms with E-state index in [1.807, 2.05) is 6.07 Å². The number of nitrogens with one attached hydrogen (secondary N) is 2. The molecule has 4 aromatic rings. The van der Waals surface area contributed by atoms with E-state index in [9.17, 15) is 14.4 Å². The Bertz CT molecular complexity index is 1450. The molecule has 0 aliphatic heterocycles. The number of hydrogen-bond acceptors (Lipinski definition) is 6. The van der Waals surface area contributed by atoms with Gasteiger partial charge in [0.25, 0.3) is 0 Å². The minimum atomic E-state index is -0.662. The molecule has 0 fully saturated rings. The highest BCUT2D eigenvalue weighted by molar-refractivity contribution is 6.37. The first-order valence-electron chi connectivity index (χ1n) is 9.47. The number of benzene rings is 3. The van der Waals surface area contributed by atoms with Gasteiger partial charge in [0.15, 0.2) is 5.78 Å². The fraction of sp³-hybridized carbons (Fsp3) is 0.0870. The lowest BCUT2D eigenvalue weighted by molar-refractivity contribution is 0.103. The summed E-state index contributed by atoms with van der Waals surface area (Å²) in [5.41, 5.74) is 0.897. The predicted octanol–water partition coefficient (Wildman–Crippen LogP) is 5.87. The maximum absolute atomic E-state index is 13.9. The summed E-state index contributed by atoms with van der Waals surface area (Å²) >= 11 is 12.4. The minimum Gasteiger partial charge on any atom is -0.497 e. The van der Waals surface area contributed by atoms with Gasteiger partial charge in [0, 0.05) is 11.6 Å². The maximum atomic E-state index is 13.9. The Kier molecular flexibility index (Phi) is 6.09. The molecule has 10 heteroatoms. The summed E-state index contributed by atoms with van der Waals surface area (Å²) in [6, 6.07) is 12.1. The highest BCUT2D eigenvalue weighted by Crippen LogP contribution is 2.38. The number of carbonyl (C=O) groups is 1. The molecule has 2 N–H and O–H groups in total. The normalized spacial score (nSPS) is 10.7. The summed E-state index contributed by atoms with van der Waals surface area (Å²) in [5.74, 6) is -0.317. The van der Waals surface area contributed by atoms with Gasteiger partial charge in [-0.1, -0.05) is 23.2 Å². The zero-order chi connectivity index (χ0) is 23.7. The summed E-state index contributed by atoms with van der Waals surface area (Å²) < 4.78 is 24.6. The first-order chi connectivity index (χ1) is 15.9. The zero-order valence-corrected chi connectivity index (χ0v) is 18.8. The lowest BCUT2D eigenvalue weighted by atomic mass is 9.94. The number of methoxy groups -OCH3 is 2. The van der Waals surface area contributed by atoms with Crippen LogP contribution in [0.2, 0.25) is 10.2 Å². The van der Waals surface area contributed by atoms with Crippen molar-refractivity contribution in [1.82, 2.24) is 10.2 Å². The second-order valence-electron chi connectivity index (χ2n) is 6.86. The first-order valence-corrected chi connectivity index (χ1v) is 10.2. The molecule has 0 spiro atoms. The number of halogens is 3. The van der Waals surface area contributed by atoms with Crippen LogP contribution in [0.1, 0.15) is 21.5 Å². The van der Waals surface area contributed by atoms with E-state index in [-0.39, 0.29) is 37.9 Å². The van der Waals surface area contributed by atoms with Crippen LogP contribution in [0.25, 0.3) is 10.9 Å². The smallest absolute Gasteiger partial charge is 0.198 e. The molecule has 33 heavy (non-hydrogen) atoms. The standard InChI is InChI=1S/C23H15Cl2FN4O3/c1-32-12-4-6-16(19(8-12)33-2)28-17-9-18-21(23(25)30-29-18)14(10-27)20(17)22(31)13-7-11(26)3-5-15(13)24/h3-9,28H,1-2H3,(H,29,30). The van der Waals surface area contributed by atoms with Gasteiger partial charge in [-0.05, 0) is 36.4 Å². The number of nitriles is 1. The largest absolute Gasteiger partial charge is 0.497 e. The molecule has 0 amide bonds. The molecule has 0 bridgehead atoms. The number of ketones is 1. The summed E-state index contributed by atoms with van der Waals surface area (Å²) in [7, 11) is 3.01. The van der Waals surface area contributed by atoms with Crippen LogP contribution in [0.3, 0.4) is 0 Å². The average molecular weight is 485 g/mol. The third-order valence-corrected chi connectivity index (χ3v) is 5.59.